The molecular weight excluding hydrogens is 276 g/mol. The Bertz CT molecular complexity index is 424. The Morgan fingerprint density at radius 2 is 2.29 bits per heavy atom. The molecule has 0 aliphatic heterocycles. The van der Waals surface area contributed by atoms with E-state index in [0.717, 1.165) is 28.2 Å². The van der Waals surface area contributed by atoms with Gasteiger partial charge in [-0.3, -0.25) is 0 Å². The van der Waals surface area contributed by atoms with E-state index in [4.69, 9.17) is 0 Å². The number of imidazole rings is 1. The van der Waals surface area contributed by atoms with Crippen molar-refractivity contribution in [3.8, 4) is 0 Å². The molecule has 0 radical (unpaired) electrons. The molecule has 1 fully saturated rings. The Labute approximate surface area is 111 Å². The predicted octanol–water partition coefficient (Wildman–Crippen LogP) is 4.27. The highest BCUT2D eigenvalue weighted by Gasteiger charge is 2.39. The molecule has 3 rings (SSSR count). The number of hydrogen-bond acceptors (Lipinski definition) is 1. The number of nitrogens with zero attached hydrogens (tertiary/aromatic N) is 1. The molecule has 0 spiro atoms. The van der Waals surface area contributed by atoms with Gasteiger partial charge in [-0.15, -0.1) is 0 Å². The lowest BCUT2D eigenvalue weighted by Crippen LogP contribution is -2.20. The van der Waals surface area contributed by atoms with Crippen molar-refractivity contribution in [3.05, 3.63) is 28.8 Å². The third-order valence-electron chi connectivity index (χ3n) is 4.61. The molecule has 1 aromatic rings. The van der Waals surface area contributed by atoms with Gasteiger partial charge in [0.05, 0.1) is 0 Å². The maximum Gasteiger partial charge on any atom is 0.124 e. The van der Waals surface area contributed by atoms with E-state index in [9.17, 15) is 0 Å². The van der Waals surface area contributed by atoms with Crippen LogP contribution in [0.15, 0.2) is 23.0 Å². The topological polar surface area (TPSA) is 28.7 Å². The second-order valence-corrected chi connectivity index (χ2v) is 6.29. The molecule has 1 aromatic heterocycles. The fourth-order valence-corrected chi connectivity index (χ4v) is 3.98. The lowest BCUT2D eigenvalue weighted by molar-refractivity contribution is 0.314. The number of hydrogen-bond donors (Lipinski definition) is 1. The van der Waals surface area contributed by atoms with E-state index in [1.807, 2.05) is 6.20 Å². The van der Waals surface area contributed by atoms with Crippen molar-refractivity contribution in [2.45, 2.75) is 38.5 Å². The van der Waals surface area contributed by atoms with Crippen LogP contribution < -0.4 is 0 Å². The molecule has 2 aliphatic carbocycles. The molecule has 4 atom stereocenters. The third kappa shape index (κ3) is 2.10. The van der Waals surface area contributed by atoms with Gasteiger partial charge in [0, 0.05) is 12.1 Å². The van der Waals surface area contributed by atoms with Crippen LogP contribution in [0.1, 0.15) is 44.3 Å². The van der Waals surface area contributed by atoms with Crippen LogP contribution in [0.4, 0.5) is 0 Å². The van der Waals surface area contributed by atoms with Gasteiger partial charge in [-0.1, -0.05) is 19.1 Å². The SMILES string of the molecule is CC(c1nc(Br)c[nH]1)C1CCC2CCC=CC21. The Balaban J connectivity index is 1.80. The van der Waals surface area contributed by atoms with Crippen molar-refractivity contribution in [1.82, 2.24) is 9.97 Å². The van der Waals surface area contributed by atoms with E-state index in [2.05, 4.69) is 45.0 Å². The number of H-pyrrole nitrogens is 1. The molecule has 1 N–H and O–H groups in total. The Hall–Kier alpha value is -0.570. The molecule has 1 saturated carbocycles. The van der Waals surface area contributed by atoms with Gasteiger partial charge < -0.3 is 4.98 Å². The van der Waals surface area contributed by atoms with Crippen LogP contribution in [-0.4, -0.2) is 9.97 Å². The summed E-state index contributed by atoms with van der Waals surface area (Å²) < 4.78 is 0.924. The first-order chi connectivity index (χ1) is 8.25. The smallest absolute Gasteiger partial charge is 0.124 e. The fraction of sp³-hybridized carbons (Fsp3) is 0.643. The van der Waals surface area contributed by atoms with Crippen molar-refractivity contribution < 1.29 is 0 Å². The molecule has 2 nitrogen and oxygen atoms in total. The summed E-state index contributed by atoms with van der Waals surface area (Å²) in [4.78, 5) is 7.83. The quantitative estimate of drug-likeness (QED) is 0.811. The van der Waals surface area contributed by atoms with Crippen LogP contribution in [0.2, 0.25) is 0 Å². The van der Waals surface area contributed by atoms with Crippen molar-refractivity contribution in [2.24, 2.45) is 17.8 Å². The number of rotatable bonds is 2. The van der Waals surface area contributed by atoms with Crippen LogP contribution in [0, 0.1) is 17.8 Å². The first-order valence-electron chi connectivity index (χ1n) is 6.63. The molecule has 2 aliphatic rings. The minimum Gasteiger partial charge on any atom is -0.347 e. The van der Waals surface area contributed by atoms with E-state index in [1.165, 1.54) is 25.7 Å². The van der Waals surface area contributed by atoms with E-state index >= 15 is 0 Å². The standard InChI is InChI=1S/C14H19BrN2/c1-9(14-16-8-13(15)17-14)11-7-6-10-4-2-3-5-12(10)11/h3,5,8-12H,2,4,6-7H2,1H3,(H,16,17). The van der Waals surface area contributed by atoms with E-state index < -0.39 is 0 Å². The number of allylic oxidation sites excluding steroid dienone is 2. The zero-order valence-corrected chi connectivity index (χ0v) is 11.8. The van der Waals surface area contributed by atoms with Gasteiger partial charge in [0.25, 0.3) is 0 Å². The number of fused-ring (bicyclic) bond motifs is 1. The molecule has 0 aromatic carbocycles. The summed E-state index contributed by atoms with van der Waals surface area (Å²) in [5, 5.41) is 0. The van der Waals surface area contributed by atoms with Gasteiger partial charge in [0.1, 0.15) is 10.4 Å². The number of nitrogens with one attached hydrogen (secondary N) is 1. The van der Waals surface area contributed by atoms with Gasteiger partial charge in [0.2, 0.25) is 0 Å². The zero-order valence-electron chi connectivity index (χ0n) is 10.2. The number of aromatic nitrogens is 2. The van der Waals surface area contributed by atoms with Crippen molar-refractivity contribution >= 4 is 15.9 Å². The van der Waals surface area contributed by atoms with Crippen LogP contribution in [0.3, 0.4) is 0 Å². The molecule has 0 bridgehead atoms. The summed E-state index contributed by atoms with van der Waals surface area (Å²) >= 11 is 3.42. The molecule has 4 unspecified atom stereocenters. The molecule has 92 valence electrons. The normalized spacial score (nSPS) is 33.6. The average Bonchev–Trinajstić information content (AvgIpc) is 2.94. The first kappa shape index (κ1) is 11.5. The highest BCUT2D eigenvalue weighted by molar-refractivity contribution is 9.10. The minimum atomic E-state index is 0.541. The molecule has 17 heavy (non-hydrogen) atoms. The molecule has 1 heterocycles. The van der Waals surface area contributed by atoms with E-state index in [0.29, 0.717) is 5.92 Å². The van der Waals surface area contributed by atoms with Gasteiger partial charge in [-0.25, -0.2) is 4.98 Å². The lowest BCUT2D eigenvalue weighted by Gasteiger charge is -2.28. The molecule has 0 amide bonds. The Kier molecular flexibility index (Phi) is 3.12. The fourth-order valence-electron chi connectivity index (χ4n) is 3.67. The number of aromatic amines is 1. The second-order valence-electron chi connectivity index (χ2n) is 5.48. The van der Waals surface area contributed by atoms with Gasteiger partial charge in [-0.05, 0) is 59.4 Å². The lowest BCUT2D eigenvalue weighted by atomic mass is 9.78. The summed E-state index contributed by atoms with van der Waals surface area (Å²) in [6.07, 6.45) is 12.2. The van der Waals surface area contributed by atoms with E-state index in [-0.39, 0.29) is 0 Å². The second kappa shape index (κ2) is 4.60. The van der Waals surface area contributed by atoms with Crippen molar-refractivity contribution in [3.63, 3.8) is 0 Å². The summed E-state index contributed by atoms with van der Waals surface area (Å²) in [6, 6.07) is 0. The molecule has 0 saturated heterocycles. The highest BCUT2D eigenvalue weighted by Crippen LogP contribution is 2.48. The molecule has 3 heteroatoms. The van der Waals surface area contributed by atoms with E-state index in [1.54, 1.807) is 0 Å². The van der Waals surface area contributed by atoms with Crippen molar-refractivity contribution in [2.75, 3.05) is 0 Å². The predicted molar refractivity (Wildman–Crippen MR) is 72.8 cm³/mol. The summed E-state index contributed by atoms with van der Waals surface area (Å²) in [7, 11) is 0. The highest BCUT2D eigenvalue weighted by atomic mass is 79.9. The van der Waals surface area contributed by atoms with Gasteiger partial charge in [-0.2, -0.15) is 0 Å². The summed E-state index contributed by atoms with van der Waals surface area (Å²) in [5.41, 5.74) is 0. The zero-order chi connectivity index (χ0) is 11.8. The van der Waals surface area contributed by atoms with Gasteiger partial charge in [0.15, 0.2) is 0 Å². The number of halogens is 1. The Morgan fingerprint density at radius 3 is 3.06 bits per heavy atom. The Morgan fingerprint density at radius 1 is 1.41 bits per heavy atom. The van der Waals surface area contributed by atoms with Crippen LogP contribution >= 0.6 is 15.9 Å². The monoisotopic (exact) mass is 294 g/mol. The van der Waals surface area contributed by atoms with Crippen LogP contribution in [-0.2, 0) is 0 Å². The average molecular weight is 295 g/mol. The maximum atomic E-state index is 4.53. The minimum absolute atomic E-state index is 0.541. The molecular formula is C14H19BrN2. The summed E-state index contributed by atoms with van der Waals surface area (Å²) in [6.45, 7) is 2.32. The van der Waals surface area contributed by atoms with Crippen LogP contribution in [0.5, 0.6) is 0 Å². The summed E-state index contributed by atoms with van der Waals surface area (Å²) in [5.74, 6) is 4.18. The third-order valence-corrected chi connectivity index (χ3v) is 5.02. The maximum absolute atomic E-state index is 4.53. The van der Waals surface area contributed by atoms with Gasteiger partial charge >= 0.3 is 0 Å². The van der Waals surface area contributed by atoms with Crippen molar-refractivity contribution in [1.29, 1.82) is 0 Å². The largest absolute Gasteiger partial charge is 0.347 e. The first-order valence-corrected chi connectivity index (χ1v) is 7.42. The van der Waals surface area contributed by atoms with Crippen LogP contribution in [0.25, 0.3) is 0 Å².